The average molecular weight is 359 g/mol. The van der Waals surface area contributed by atoms with E-state index in [0.29, 0.717) is 18.9 Å². The van der Waals surface area contributed by atoms with Crippen LogP contribution in [-0.2, 0) is 10.0 Å². The molecule has 0 saturated heterocycles. The number of amidine groups is 1. The fourth-order valence-corrected chi connectivity index (χ4v) is 3.68. The number of ether oxygens (including phenoxy) is 1. The molecule has 2 aromatic rings. The molecule has 0 amide bonds. The van der Waals surface area contributed by atoms with Crippen molar-refractivity contribution >= 4 is 15.9 Å². The van der Waals surface area contributed by atoms with E-state index in [-0.39, 0.29) is 10.9 Å². The molecule has 2 N–H and O–H groups in total. The number of methoxy groups -OCH3 is 1. The molecule has 0 bridgehead atoms. The third kappa shape index (κ3) is 4.18. The zero-order chi connectivity index (χ0) is 17.9. The van der Waals surface area contributed by atoms with Gasteiger partial charge in [0.15, 0.2) is 0 Å². The molecule has 1 aliphatic heterocycles. The second-order valence-electron chi connectivity index (χ2n) is 5.92. The van der Waals surface area contributed by atoms with E-state index in [1.807, 2.05) is 31.2 Å². The SMILES string of the molecule is COc1cccc([C@H]2CN=C(NS(=O)(=O)c3ccc(C)cc3)CN2)c1. The maximum Gasteiger partial charge on any atom is 0.262 e. The van der Waals surface area contributed by atoms with Crippen LogP contribution in [0.2, 0.25) is 0 Å². The molecule has 1 aliphatic rings. The van der Waals surface area contributed by atoms with Gasteiger partial charge in [0.1, 0.15) is 11.6 Å². The van der Waals surface area contributed by atoms with Gasteiger partial charge in [-0.3, -0.25) is 9.71 Å². The van der Waals surface area contributed by atoms with E-state index in [2.05, 4.69) is 15.0 Å². The van der Waals surface area contributed by atoms with Gasteiger partial charge < -0.3 is 10.1 Å². The lowest BCUT2D eigenvalue weighted by Crippen LogP contribution is -2.43. The molecule has 25 heavy (non-hydrogen) atoms. The summed E-state index contributed by atoms with van der Waals surface area (Å²) >= 11 is 0. The van der Waals surface area contributed by atoms with Gasteiger partial charge in [-0.15, -0.1) is 0 Å². The van der Waals surface area contributed by atoms with Crippen molar-refractivity contribution in [3.05, 3.63) is 59.7 Å². The zero-order valence-corrected chi connectivity index (χ0v) is 15.0. The largest absolute Gasteiger partial charge is 0.497 e. The Hall–Kier alpha value is -2.38. The van der Waals surface area contributed by atoms with Crippen LogP contribution in [0.15, 0.2) is 58.4 Å². The fourth-order valence-electron chi connectivity index (χ4n) is 2.62. The lowest BCUT2D eigenvalue weighted by atomic mass is 10.1. The summed E-state index contributed by atoms with van der Waals surface area (Å²) in [4.78, 5) is 4.63. The van der Waals surface area contributed by atoms with Crippen molar-refractivity contribution in [1.82, 2.24) is 10.0 Å². The number of aryl methyl sites for hydroxylation is 1. The number of nitrogens with one attached hydrogen (secondary N) is 2. The first kappa shape index (κ1) is 17.4. The summed E-state index contributed by atoms with van der Waals surface area (Å²) in [6.45, 7) is 2.73. The van der Waals surface area contributed by atoms with Crippen molar-refractivity contribution in [2.45, 2.75) is 17.9 Å². The normalized spacial score (nSPS) is 17.7. The average Bonchev–Trinajstić information content (AvgIpc) is 2.62. The van der Waals surface area contributed by atoms with E-state index in [0.717, 1.165) is 16.9 Å². The standard InChI is InChI=1S/C18H21N3O3S/c1-13-6-8-16(9-7-13)25(22,23)21-18-12-19-17(11-20-18)14-4-3-5-15(10-14)24-2/h3-10,17,19H,11-12H2,1-2H3,(H,20,21)/t17-/m1/s1. The van der Waals surface area contributed by atoms with Gasteiger partial charge in [-0.1, -0.05) is 29.8 Å². The second-order valence-corrected chi connectivity index (χ2v) is 7.60. The van der Waals surface area contributed by atoms with Crippen LogP contribution in [0.3, 0.4) is 0 Å². The maximum atomic E-state index is 12.4. The first-order valence-electron chi connectivity index (χ1n) is 7.98. The predicted molar refractivity (Wildman–Crippen MR) is 97.5 cm³/mol. The molecule has 0 aromatic heterocycles. The minimum Gasteiger partial charge on any atom is -0.497 e. The van der Waals surface area contributed by atoms with Crippen LogP contribution >= 0.6 is 0 Å². The number of nitrogens with zero attached hydrogens (tertiary/aromatic N) is 1. The Morgan fingerprint density at radius 1 is 1.20 bits per heavy atom. The summed E-state index contributed by atoms with van der Waals surface area (Å²) in [6.07, 6.45) is 0. The highest BCUT2D eigenvalue weighted by Gasteiger charge is 2.21. The molecule has 0 spiro atoms. The Morgan fingerprint density at radius 2 is 1.96 bits per heavy atom. The summed E-state index contributed by atoms with van der Waals surface area (Å²) in [5.41, 5.74) is 2.07. The van der Waals surface area contributed by atoms with Crippen LogP contribution in [0.1, 0.15) is 17.2 Å². The molecule has 0 saturated carbocycles. The van der Waals surface area contributed by atoms with Crippen LogP contribution in [0, 0.1) is 6.92 Å². The highest BCUT2D eigenvalue weighted by atomic mass is 32.2. The highest BCUT2D eigenvalue weighted by molar-refractivity contribution is 7.90. The van der Waals surface area contributed by atoms with Gasteiger partial charge in [-0.05, 0) is 36.8 Å². The minimum atomic E-state index is -3.61. The van der Waals surface area contributed by atoms with Crippen molar-refractivity contribution in [2.75, 3.05) is 20.2 Å². The Balaban J connectivity index is 1.69. The molecule has 0 fully saturated rings. The van der Waals surface area contributed by atoms with E-state index < -0.39 is 10.0 Å². The predicted octanol–water partition coefficient (Wildman–Crippen LogP) is 2.02. The first-order chi connectivity index (χ1) is 12.0. The van der Waals surface area contributed by atoms with Crippen LogP contribution in [-0.4, -0.2) is 34.5 Å². The van der Waals surface area contributed by atoms with E-state index in [1.54, 1.807) is 31.4 Å². The number of benzene rings is 2. The topological polar surface area (TPSA) is 79.8 Å². The fraction of sp³-hybridized carbons (Fsp3) is 0.278. The molecule has 1 atom stereocenters. The first-order valence-corrected chi connectivity index (χ1v) is 9.46. The maximum absolute atomic E-state index is 12.4. The summed E-state index contributed by atoms with van der Waals surface area (Å²) < 4.78 is 32.6. The zero-order valence-electron chi connectivity index (χ0n) is 14.2. The third-order valence-electron chi connectivity index (χ3n) is 4.06. The molecule has 0 aliphatic carbocycles. The van der Waals surface area contributed by atoms with E-state index >= 15 is 0 Å². The highest BCUT2D eigenvalue weighted by Crippen LogP contribution is 2.21. The van der Waals surface area contributed by atoms with Crippen LogP contribution in [0.5, 0.6) is 5.75 Å². The van der Waals surface area contributed by atoms with Crippen molar-refractivity contribution in [3.63, 3.8) is 0 Å². The number of rotatable bonds is 4. The Bertz CT molecular complexity index is 877. The van der Waals surface area contributed by atoms with Gasteiger partial charge in [0.2, 0.25) is 0 Å². The lowest BCUT2D eigenvalue weighted by Gasteiger charge is -2.24. The van der Waals surface area contributed by atoms with Crippen molar-refractivity contribution in [1.29, 1.82) is 0 Å². The van der Waals surface area contributed by atoms with Crippen LogP contribution < -0.4 is 14.8 Å². The molecule has 7 heteroatoms. The number of sulfonamides is 1. The summed E-state index contributed by atoms with van der Waals surface area (Å²) in [7, 11) is -1.98. The number of hydrogen-bond acceptors (Lipinski definition) is 5. The van der Waals surface area contributed by atoms with Gasteiger partial charge in [0.05, 0.1) is 31.1 Å². The minimum absolute atomic E-state index is 0.0303. The Morgan fingerprint density at radius 3 is 2.60 bits per heavy atom. The molecule has 1 heterocycles. The smallest absolute Gasteiger partial charge is 0.262 e. The van der Waals surface area contributed by atoms with Crippen molar-refractivity contribution in [3.8, 4) is 5.75 Å². The summed E-state index contributed by atoms with van der Waals surface area (Å²) in [6, 6.07) is 14.5. The molecule has 3 rings (SSSR count). The second kappa shape index (κ2) is 7.25. The third-order valence-corrected chi connectivity index (χ3v) is 5.46. The van der Waals surface area contributed by atoms with E-state index in [1.165, 1.54) is 0 Å². The molecule has 132 valence electrons. The van der Waals surface area contributed by atoms with Crippen molar-refractivity contribution in [2.24, 2.45) is 4.99 Å². The molecule has 0 radical (unpaired) electrons. The van der Waals surface area contributed by atoms with Gasteiger partial charge in [0, 0.05) is 0 Å². The Labute approximate surface area is 148 Å². The van der Waals surface area contributed by atoms with Gasteiger partial charge >= 0.3 is 0 Å². The van der Waals surface area contributed by atoms with Crippen LogP contribution in [0.4, 0.5) is 0 Å². The molecular formula is C18H21N3O3S. The molecular weight excluding hydrogens is 338 g/mol. The lowest BCUT2D eigenvalue weighted by molar-refractivity contribution is 0.413. The summed E-state index contributed by atoms with van der Waals surface area (Å²) in [5.74, 6) is 1.20. The van der Waals surface area contributed by atoms with E-state index in [4.69, 9.17) is 4.74 Å². The molecule has 2 aromatic carbocycles. The molecule has 0 unspecified atom stereocenters. The summed E-state index contributed by atoms with van der Waals surface area (Å²) in [5, 5.41) is 3.31. The number of hydrogen-bond donors (Lipinski definition) is 2. The number of aliphatic imine (C=N–C) groups is 1. The van der Waals surface area contributed by atoms with Gasteiger partial charge in [-0.2, -0.15) is 0 Å². The Kier molecular flexibility index (Phi) is 5.06. The van der Waals surface area contributed by atoms with E-state index in [9.17, 15) is 8.42 Å². The quantitative estimate of drug-likeness (QED) is 0.875. The monoisotopic (exact) mass is 359 g/mol. The van der Waals surface area contributed by atoms with Crippen LogP contribution in [0.25, 0.3) is 0 Å². The van der Waals surface area contributed by atoms with Gasteiger partial charge in [0.25, 0.3) is 10.0 Å². The molecule has 6 nitrogen and oxygen atoms in total. The van der Waals surface area contributed by atoms with Crippen molar-refractivity contribution < 1.29 is 13.2 Å². The van der Waals surface area contributed by atoms with Gasteiger partial charge in [-0.25, -0.2) is 8.42 Å².